The summed E-state index contributed by atoms with van der Waals surface area (Å²) in [6.45, 7) is 0. The average Bonchev–Trinajstić information content (AvgIpc) is 2.28. The summed E-state index contributed by atoms with van der Waals surface area (Å²) in [5.74, 6) is -1.18. The first-order valence-electron chi connectivity index (χ1n) is 4.97. The van der Waals surface area contributed by atoms with Crippen molar-refractivity contribution >= 4 is 33.1 Å². The van der Waals surface area contributed by atoms with Crippen LogP contribution in [-0.2, 0) is 0 Å². The molecule has 1 aromatic heterocycles. The van der Waals surface area contributed by atoms with Gasteiger partial charge in [0, 0.05) is 35.2 Å². The van der Waals surface area contributed by atoms with Gasteiger partial charge in [-0.2, -0.15) is 0 Å². The molecule has 2 aromatic rings. The summed E-state index contributed by atoms with van der Waals surface area (Å²) >= 11 is 1.27. The molecular formula is C12H11NO3S. The smallest absolute Gasteiger partial charge is 0.340 e. The number of anilines is 1. The third-order valence-corrected chi connectivity index (χ3v) is 3.45. The summed E-state index contributed by atoms with van der Waals surface area (Å²) in [6.07, 6.45) is 0. The maximum atomic E-state index is 11.9. The largest absolute Gasteiger partial charge is 0.478 e. The molecule has 0 unspecified atom stereocenters. The SMILES string of the molecule is CN(C)c1ccc2c(=O)c(C(=O)O)csc2c1. The van der Waals surface area contributed by atoms with E-state index in [1.807, 2.05) is 31.1 Å². The molecule has 4 nitrogen and oxygen atoms in total. The molecule has 0 aliphatic carbocycles. The molecule has 0 amide bonds. The summed E-state index contributed by atoms with van der Waals surface area (Å²) in [5.41, 5.74) is 0.396. The van der Waals surface area contributed by atoms with Gasteiger partial charge in [0.1, 0.15) is 5.56 Å². The van der Waals surface area contributed by atoms with Crippen LogP contribution in [0.25, 0.3) is 10.1 Å². The van der Waals surface area contributed by atoms with Crippen molar-refractivity contribution in [3.8, 4) is 0 Å². The highest BCUT2D eigenvalue weighted by Crippen LogP contribution is 2.22. The molecule has 5 heteroatoms. The third-order valence-electron chi connectivity index (χ3n) is 2.50. The Morgan fingerprint density at radius 2 is 2.06 bits per heavy atom. The zero-order valence-corrected chi connectivity index (χ0v) is 10.2. The normalized spacial score (nSPS) is 10.5. The van der Waals surface area contributed by atoms with E-state index in [0.717, 1.165) is 10.4 Å². The van der Waals surface area contributed by atoms with Gasteiger partial charge in [-0.15, -0.1) is 11.3 Å². The lowest BCUT2D eigenvalue weighted by Gasteiger charge is -2.12. The molecule has 0 saturated heterocycles. The number of carboxylic acid groups (broad SMARTS) is 1. The zero-order chi connectivity index (χ0) is 12.6. The van der Waals surface area contributed by atoms with Gasteiger partial charge in [-0.3, -0.25) is 4.79 Å². The van der Waals surface area contributed by atoms with E-state index in [1.54, 1.807) is 6.07 Å². The van der Waals surface area contributed by atoms with Crippen LogP contribution in [0.5, 0.6) is 0 Å². The molecule has 0 saturated carbocycles. The predicted octanol–water partition coefficient (Wildman–Crippen LogP) is 2.03. The number of carboxylic acids is 1. The number of benzene rings is 1. The molecule has 17 heavy (non-hydrogen) atoms. The Kier molecular flexibility index (Phi) is 2.85. The van der Waals surface area contributed by atoms with E-state index in [2.05, 4.69) is 0 Å². The highest BCUT2D eigenvalue weighted by Gasteiger charge is 2.11. The van der Waals surface area contributed by atoms with Gasteiger partial charge in [-0.1, -0.05) is 0 Å². The highest BCUT2D eigenvalue weighted by atomic mass is 32.1. The van der Waals surface area contributed by atoms with Crippen molar-refractivity contribution in [3.63, 3.8) is 0 Å². The van der Waals surface area contributed by atoms with Crippen LogP contribution >= 0.6 is 11.3 Å². The summed E-state index contributed by atoms with van der Waals surface area (Å²) in [4.78, 5) is 24.6. The van der Waals surface area contributed by atoms with Crippen LogP contribution in [0.1, 0.15) is 10.4 Å². The second-order valence-corrected chi connectivity index (χ2v) is 4.77. The summed E-state index contributed by atoms with van der Waals surface area (Å²) in [5, 5.41) is 10.7. The average molecular weight is 249 g/mol. The number of nitrogens with zero attached hydrogens (tertiary/aromatic N) is 1. The van der Waals surface area contributed by atoms with Gasteiger partial charge in [-0.05, 0) is 18.2 Å². The van der Waals surface area contributed by atoms with Gasteiger partial charge >= 0.3 is 5.97 Å². The lowest BCUT2D eigenvalue weighted by atomic mass is 10.2. The van der Waals surface area contributed by atoms with Crippen molar-refractivity contribution in [1.82, 2.24) is 0 Å². The van der Waals surface area contributed by atoms with Crippen molar-refractivity contribution in [2.75, 3.05) is 19.0 Å². The molecule has 0 radical (unpaired) electrons. The van der Waals surface area contributed by atoms with Gasteiger partial charge < -0.3 is 10.0 Å². The van der Waals surface area contributed by atoms with E-state index in [0.29, 0.717) is 5.39 Å². The first kappa shape index (κ1) is 11.6. The Bertz CT molecular complexity index is 646. The van der Waals surface area contributed by atoms with Crippen LogP contribution in [0.4, 0.5) is 5.69 Å². The third kappa shape index (κ3) is 2.01. The van der Waals surface area contributed by atoms with E-state index < -0.39 is 11.4 Å². The number of fused-ring (bicyclic) bond motifs is 1. The van der Waals surface area contributed by atoms with Crippen LogP contribution in [0, 0.1) is 0 Å². The fraction of sp³-hybridized carbons (Fsp3) is 0.167. The van der Waals surface area contributed by atoms with Crippen molar-refractivity contribution in [2.45, 2.75) is 0 Å². The number of hydrogen-bond acceptors (Lipinski definition) is 4. The van der Waals surface area contributed by atoms with Gasteiger partial charge in [0.05, 0.1) is 0 Å². The Hall–Kier alpha value is -1.88. The molecule has 0 bridgehead atoms. The Balaban J connectivity index is 2.73. The monoisotopic (exact) mass is 249 g/mol. The van der Waals surface area contributed by atoms with Gasteiger partial charge in [0.15, 0.2) is 0 Å². The first-order chi connectivity index (χ1) is 8.00. The molecule has 0 spiro atoms. The summed E-state index contributed by atoms with van der Waals surface area (Å²) in [6, 6.07) is 5.37. The fourth-order valence-electron chi connectivity index (χ4n) is 1.54. The minimum Gasteiger partial charge on any atom is -0.478 e. The molecule has 1 N–H and O–H groups in total. The van der Waals surface area contributed by atoms with Crippen molar-refractivity contribution < 1.29 is 9.90 Å². The molecular weight excluding hydrogens is 238 g/mol. The van der Waals surface area contributed by atoms with Crippen LogP contribution in [0.15, 0.2) is 28.4 Å². The van der Waals surface area contributed by atoms with E-state index in [4.69, 9.17) is 5.11 Å². The van der Waals surface area contributed by atoms with Crippen LogP contribution in [0.3, 0.4) is 0 Å². The number of aromatic carboxylic acids is 1. The number of carbonyl (C=O) groups is 1. The van der Waals surface area contributed by atoms with Crippen molar-refractivity contribution in [3.05, 3.63) is 39.4 Å². The maximum Gasteiger partial charge on any atom is 0.340 e. The summed E-state index contributed by atoms with van der Waals surface area (Å²) < 4.78 is 0.797. The van der Waals surface area contributed by atoms with Gasteiger partial charge in [0.25, 0.3) is 0 Å². The molecule has 88 valence electrons. The van der Waals surface area contributed by atoms with Crippen molar-refractivity contribution in [2.24, 2.45) is 0 Å². The second-order valence-electron chi connectivity index (χ2n) is 3.86. The molecule has 0 atom stereocenters. The standard InChI is InChI=1S/C12H11NO3S/c1-13(2)7-3-4-8-10(5-7)17-6-9(11(8)14)12(15)16/h3-6H,1-2H3,(H,15,16). The fourth-order valence-corrected chi connectivity index (χ4v) is 2.47. The minimum atomic E-state index is -1.18. The van der Waals surface area contributed by atoms with E-state index >= 15 is 0 Å². The first-order valence-corrected chi connectivity index (χ1v) is 5.85. The van der Waals surface area contributed by atoms with Crippen LogP contribution in [-0.4, -0.2) is 25.2 Å². The van der Waals surface area contributed by atoms with Crippen molar-refractivity contribution in [1.29, 1.82) is 0 Å². The summed E-state index contributed by atoms with van der Waals surface area (Å²) in [7, 11) is 3.82. The Morgan fingerprint density at radius 1 is 1.35 bits per heavy atom. The predicted molar refractivity (Wildman–Crippen MR) is 69.4 cm³/mol. The quantitative estimate of drug-likeness (QED) is 0.884. The lowest BCUT2D eigenvalue weighted by Crippen LogP contribution is -2.14. The van der Waals surface area contributed by atoms with E-state index in [-0.39, 0.29) is 5.56 Å². The van der Waals surface area contributed by atoms with Gasteiger partial charge in [0.2, 0.25) is 5.43 Å². The minimum absolute atomic E-state index is 0.167. The molecule has 1 heterocycles. The maximum absolute atomic E-state index is 11.9. The van der Waals surface area contributed by atoms with Gasteiger partial charge in [-0.25, -0.2) is 4.79 Å². The Labute approximate surface area is 102 Å². The van der Waals surface area contributed by atoms with E-state index in [1.165, 1.54) is 16.7 Å². The van der Waals surface area contributed by atoms with E-state index in [9.17, 15) is 9.59 Å². The molecule has 2 rings (SSSR count). The number of hydrogen-bond donors (Lipinski definition) is 1. The lowest BCUT2D eigenvalue weighted by molar-refractivity contribution is 0.0696. The molecule has 1 aromatic carbocycles. The van der Waals surface area contributed by atoms with Crippen LogP contribution in [0.2, 0.25) is 0 Å². The molecule has 0 fully saturated rings. The molecule has 0 aliphatic heterocycles. The van der Waals surface area contributed by atoms with Crippen LogP contribution < -0.4 is 10.3 Å². The zero-order valence-electron chi connectivity index (χ0n) is 9.43. The second kappa shape index (κ2) is 4.18. The number of rotatable bonds is 2. The Morgan fingerprint density at radius 3 is 2.65 bits per heavy atom. The highest BCUT2D eigenvalue weighted by molar-refractivity contribution is 7.16. The molecule has 0 aliphatic rings. The topological polar surface area (TPSA) is 57.6 Å².